The van der Waals surface area contributed by atoms with Gasteiger partial charge in [-0.1, -0.05) is 18.2 Å². The first-order valence-corrected chi connectivity index (χ1v) is 5.90. The van der Waals surface area contributed by atoms with E-state index in [1.165, 1.54) is 12.6 Å². The Morgan fingerprint density at radius 3 is 2.94 bits per heavy atom. The number of hydrogen-bond acceptors (Lipinski definition) is 2. The normalized spacial score (nSPS) is 10.6. The number of rotatable bonds is 4. The van der Waals surface area contributed by atoms with Crippen LogP contribution in [-0.4, -0.2) is 29.2 Å². The maximum absolute atomic E-state index is 11.6. The molecule has 0 saturated heterocycles. The molecular formula is C14H16N2O2. The van der Waals surface area contributed by atoms with E-state index in [0.29, 0.717) is 19.3 Å². The summed E-state index contributed by atoms with van der Waals surface area (Å²) in [5.41, 5.74) is 3.42. The average Bonchev–Trinajstić information content (AvgIpc) is 2.79. The van der Waals surface area contributed by atoms with Gasteiger partial charge < -0.3 is 4.98 Å². The Hall–Kier alpha value is -2.10. The van der Waals surface area contributed by atoms with E-state index in [0.717, 1.165) is 21.4 Å². The quantitative estimate of drug-likeness (QED) is 0.836. The van der Waals surface area contributed by atoms with Crippen molar-refractivity contribution in [2.75, 3.05) is 7.05 Å². The minimum absolute atomic E-state index is 0.160. The van der Waals surface area contributed by atoms with Crippen LogP contribution in [0.15, 0.2) is 24.4 Å². The number of imide groups is 1. The predicted molar refractivity (Wildman–Crippen MR) is 70.2 cm³/mol. The van der Waals surface area contributed by atoms with Crippen molar-refractivity contribution in [1.82, 2.24) is 9.88 Å². The number of carbonyl (C=O) groups is 2. The first-order valence-electron chi connectivity index (χ1n) is 5.90. The van der Waals surface area contributed by atoms with Gasteiger partial charge in [-0.3, -0.25) is 14.5 Å². The summed E-state index contributed by atoms with van der Waals surface area (Å²) in [7, 11) is 1.48. The zero-order chi connectivity index (χ0) is 13.1. The summed E-state index contributed by atoms with van der Waals surface area (Å²) in [6, 6.07) is 6.10. The van der Waals surface area contributed by atoms with Gasteiger partial charge in [0.25, 0.3) is 0 Å². The maximum atomic E-state index is 11.6. The minimum Gasteiger partial charge on any atom is -0.361 e. The molecule has 0 atom stereocenters. The van der Waals surface area contributed by atoms with Gasteiger partial charge in [-0.25, -0.2) is 0 Å². The lowest BCUT2D eigenvalue weighted by Crippen LogP contribution is -2.24. The van der Waals surface area contributed by atoms with Crippen molar-refractivity contribution in [2.45, 2.75) is 19.8 Å². The van der Waals surface area contributed by atoms with Crippen molar-refractivity contribution in [2.24, 2.45) is 0 Å². The number of fused-ring (bicyclic) bond motifs is 1. The summed E-state index contributed by atoms with van der Waals surface area (Å²) in [4.78, 5) is 26.3. The third kappa shape index (κ3) is 2.27. The topological polar surface area (TPSA) is 53.2 Å². The molecule has 0 radical (unpaired) electrons. The number of amides is 2. The van der Waals surface area contributed by atoms with Crippen LogP contribution in [0.25, 0.3) is 10.9 Å². The Labute approximate surface area is 106 Å². The first kappa shape index (κ1) is 12.4. The molecule has 0 fully saturated rings. The molecular weight excluding hydrogens is 228 g/mol. The van der Waals surface area contributed by atoms with Gasteiger partial charge in [0.05, 0.1) is 0 Å². The highest BCUT2D eigenvalue weighted by Gasteiger charge is 2.10. The molecule has 2 amide bonds. The third-order valence-electron chi connectivity index (χ3n) is 3.17. The molecule has 0 aliphatic heterocycles. The van der Waals surface area contributed by atoms with Gasteiger partial charge in [0.2, 0.25) is 12.3 Å². The van der Waals surface area contributed by atoms with Crippen LogP contribution in [0, 0.1) is 6.92 Å². The zero-order valence-corrected chi connectivity index (χ0v) is 10.6. The first-order chi connectivity index (χ1) is 8.63. The average molecular weight is 244 g/mol. The van der Waals surface area contributed by atoms with Gasteiger partial charge >= 0.3 is 0 Å². The number of nitrogens with zero attached hydrogens (tertiary/aromatic N) is 1. The summed E-state index contributed by atoms with van der Waals surface area (Å²) in [5, 5.41) is 1.15. The van der Waals surface area contributed by atoms with E-state index < -0.39 is 0 Å². The Kier molecular flexibility index (Phi) is 3.46. The molecule has 0 aliphatic rings. The molecule has 4 nitrogen and oxygen atoms in total. The highest BCUT2D eigenvalue weighted by atomic mass is 16.2. The van der Waals surface area contributed by atoms with Crippen molar-refractivity contribution < 1.29 is 9.59 Å². The molecule has 2 rings (SSSR count). The Morgan fingerprint density at radius 2 is 2.22 bits per heavy atom. The molecule has 18 heavy (non-hydrogen) atoms. The SMILES string of the molecule is Cc1cccc2c(CCC(=O)N(C)C=O)c[nH]c12. The van der Waals surface area contributed by atoms with Crippen molar-refractivity contribution in [3.8, 4) is 0 Å². The van der Waals surface area contributed by atoms with Crippen molar-refractivity contribution in [1.29, 1.82) is 0 Å². The molecule has 1 N–H and O–H groups in total. The number of hydrogen-bond donors (Lipinski definition) is 1. The number of benzene rings is 1. The van der Waals surface area contributed by atoms with Crippen LogP contribution in [0.3, 0.4) is 0 Å². The summed E-state index contributed by atoms with van der Waals surface area (Å²) < 4.78 is 0. The molecule has 0 spiro atoms. The fourth-order valence-electron chi connectivity index (χ4n) is 2.05. The van der Waals surface area contributed by atoms with E-state index in [1.807, 2.05) is 31.3 Å². The van der Waals surface area contributed by atoms with Crippen molar-refractivity contribution in [3.63, 3.8) is 0 Å². The van der Waals surface area contributed by atoms with Crippen LogP contribution in [0.2, 0.25) is 0 Å². The minimum atomic E-state index is -0.160. The Morgan fingerprint density at radius 1 is 1.44 bits per heavy atom. The molecule has 0 bridgehead atoms. The lowest BCUT2D eigenvalue weighted by molar-refractivity contribution is -0.136. The second kappa shape index (κ2) is 5.04. The van der Waals surface area contributed by atoms with E-state index in [9.17, 15) is 9.59 Å². The Bertz CT molecular complexity index is 586. The monoisotopic (exact) mass is 244 g/mol. The summed E-state index contributed by atoms with van der Waals surface area (Å²) in [6.07, 6.45) is 3.46. The van der Waals surface area contributed by atoms with Crippen LogP contribution in [0.5, 0.6) is 0 Å². The Balaban J connectivity index is 2.16. The zero-order valence-electron chi connectivity index (χ0n) is 10.6. The fourth-order valence-corrected chi connectivity index (χ4v) is 2.05. The number of carbonyl (C=O) groups excluding carboxylic acids is 2. The maximum Gasteiger partial charge on any atom is 0.229 e. The van der Waals surface area contributed by atoms with Crippen LogP contribution in [-0.2, 0) is 16.0 Å². The molecule has 94 valence electrons. The van der Waals surface area contributed by atoms with Crippen LogP contribution < -0.4 is 0 Å². The van der Waals surface area contributed by atoms with Crippen LogP contribution in [0.4, 0.5) is 0 Å². The molecule has 0 saturated carbocycles. The third-order valence-corrected chi connectivity index (χ3v) is 3.17. The molecule has 1 aromatic carbocycles. The number of H-pyrrole nitrogens is 1. The summed E-state index contributed by atoms with van der Waals surface area (Å²) in [6.45, 7) is 2.05. The number of para-hydroxylation sites is 1. The lowest BCUT2D eigenvalue weighted by atomic mass is 10.1. The summed E-state index contributed by atoms with van der Waals surface area (Å²) in [5.74, 6) is -0.160. The van der Waals surface area contributed by atoms with Gasteiger partial charge in [0.1, 0.15) is 0 Å². The molecule has 4 heteroatoms. The highest BCUT2D eigenvalue weighted by Crippen LogP contribution is 2.22. The van der Waals surface area contributed by atoms with Crippen LogP contribution in [0.1, 0.15) is 17.5 Å². The number of aromatic nitrogens is 1. The number of aromatic amines is 1. The lowest BCUT2D eigenvalue weighted by Gasteiger charge is -2.07. The molecule has 1 heterocycles. The highest BCUT2D eigenvalue weighted by molar-refractivity contribution is 5.88. The van der Waals surface area contributed by atoms with Gasteiger partial charge in [-0.05, 0) is 24.5 Å². The van der Waals surface area contributed by atoms with Gasteiger partial charge in [0, 0.05) is 30.6 Å². The van der Waals surface area contributed by atoms with Crippen LogP contribution >= 0.6 is 0 Å². The number of aryl methyl sites for hydroxylation is 2. The smallest absolute Gasteiger partial charge is 0.229 e. The van der Waals surface area contributed by atoms with E-state index in [-0.39, 0.29) is 5.91 Å². The summed E-state index contributed by atoms with van der Waals surface area (Å²) >= 11 is 0. The van der Waals surface area contributed by atoms with E-state index in [4.69, 9.17) is 0 Å². The van der Waals surface area contributed by atoms with E-state index >= 15 is 0 Å². The second-order valence-electron chi connectivity index (χ2n) is 4.42. The van der Waals surface area contributed by atoms with Crippen molar-refractivity contribution in [3.05, 3.63) is 35.5 Å². The largest absolute Gasteiger partial charge is 0.361 e. The standard InChI is InChI=1S/C14H16N2O2/c1-10-4-3-5-12-11(8-15-14(10)12)6-7-13(18)16(2)9-17/h3-5,8-9,15H,6-7H2,1-2H3. The van der Waals surface area contributed by atoms with Gasteiger partial charge in [-0.2, -0.15) is 0 Å². The van der Waals surface area contributed by atoms with Crippen molar-refractivity contribution >= 4 is 23.2 Å². The molecule has 0 unspecified atom stereocenters. The molecule has 1 aromatic heterocycles. The van der Waals surface area contributed by atoms with E-state index in [1.54, 1.807) is 0 Å². The molecule has 2 aromatic rings. The molecule has 0 aliphatic carbocycles. The number of nitrogens with one attached hydrogen (secondary N) is 1. The predicted octanol–water partition coefficient (Wildman–Crippen LogP) is 2.02. The van der Waals surface area contributed by atoms with E-state index in [2.05, 4.69) is 4.98 Å². The fraction of sp³-hybridized carbons (Fsp3) is 0.286. The van der Waals surface area contributed by atoms with Gasteiger partial charge in [-0.15, -0.1) is 0 Å². The second-order valence-corrected chi connectivity index (χ2v) is 4.42. The van der Waals surface area contributed by atoms with Gasteiger partial charge in [0.15, 0.2) is 0 Å².